The first-order chi connectivity index (χ1) is 14.8. The van der Waals surface area contributed by atoms with Gasteiger partial charge in [-0.05, 0) is 33.6 Å². The third kappa shape index (κ3) is 5.97. The average molecular weight is 421 g/mol. The summed E-state index contributed by atoms with van der Waals surface area (Å²) < 4.78 is 11.8. The van der Waals surface area contributed by atoms with Crippen LogP contribution in [0.3, 0.4) is 0 Å². The highest BCUT2D eigenvalue weighted by Gasteiger charge is 2.24. The molecule has 0 aliphatic carbocycles. The van der Waals surface area contributed by atoms with Crippen molar-refractivity contribution < 1.29 is 13.9 Å². The molecule has 0 spiro atoms. The van der Waals surface area contributed by atoms with Crippen molar-refractivity contribution in [1.82, 2.24) is 9.88 Å². The minimum Gasteiger partial charge on any atom is -0.444 e. The Balaban J connectivity index is 1.84. The highest BCUT2D eigenvalue weighted by Crippen LogP contribution is 2.36. The summed E-state index contributed by atoms with van der Waals surface area (Å²) in [4.78, 5) is 18.8. The molecule has 31 heavy (non-hydrogen) atoms. The molecule has 164 valence electrons. The molecule has 0 fully saturated rings. The third-order valence-electron chi connectivity index (χ3n) is 5.09. The van der Waals surface area contributed by atoms with Crippen LogP contribution in [0.2, 0.25) is 0 Å². The molecule has 0 N–H and O–H groups in total. The van der Waals surface area contributed by atoms with E-state index >= 15 is 0 Å². The van der Waals surface area contributed by atoms with Crippen LogP contribution < -0.4 is 0 Å². The Kier molecular flexibility index (Phi) is 7.16. The van der Waals surface area contributed by atoms with Gasteiger partial charge in [0, 0.05) is 30.6 Å². The summed E-state index contributed by atoms with van der Waals surface area (Å²) in [6, 6.07) is 20.2. The Labute approximate surface area is 185 Å². The summed E-state index contributed by atoms with van der Waals surface area (Å²) in [5, 5.41) is 0. The van der Waals surface area contributed by atoms with Crippen molar-refractivity contribution in [2.45, 2.75) is 52.1 Å². The number of carbonyl (C=O) groups excluding carboxylic acids is 1. The number of aromatic nitrogens is 1. The van der Waals surface area contributed by atoms with E-state index in [1.54, 1.807) is 11.9 Å². The van der Waals surface area contributed by atoms with Gasteiger partial charge >= 0.3 is 6.09 Å². The zero-order valence-electron chi connectivity index (χ0n) is 19.1. The van der Waals surface area contributed by atoms with E-state index < -0.39 is 5.60 Å². The lowest BCUT2D eigenvalue weighted by molar-refractivity contribution is 0.0293. The fourth-order valence-electron chi connectivity index (χ4n) is 3.37. The lowest BCUT2D eigenvalue weighted by atomic mass is 10.0. The summed E-state index contributed by atoms with van der Waals surface area (Å²) in [5.74, 6) is 1.59. The largest absolute Gasteiger partial charge is 0.444 e. The summed E-state index contributed by atoms with van der Waals surface area (Å²) in [6.07, 6.45) is 1.30. The Morgan fingerprint density at radius 2 is 1.61 bits per heavy atom. The minimum atomic E-state index is -0.507. The van der Waals surface area contributed by atoms with Crippen LogP contribution in [-0.2, 0) is 4.74 Å². The molecular weight excluding hydrogens is 388 g/mol. The quantitative estimate of drug-likeness (QED) is 0.424. The molecule has 1 atom stereocenters. The molecule has 2 aromatic carbocycles. The van der Waals surface area contributed by atoms with E-state index in [0.29, 0.717) is 12.4 Å². The number of rotatable bonds is 7. The van der Waals surface area contributed by atoms with Crippen molar-refractivity contribution in [3.8, 4) is 22.6 Å². The zero-order chi connectivity index (χ0) is 22.4. The van der Waals surface area contributed by atoms with Crippen molar-refractivity contribution in [3.05, 3.63) is 66.6 Å². The van der Waals surface area contributed by atoms with E-state index in [1.165, 1.54) is 0 Å². The Morgan fingerprint density at radius 3 is 2.16 bits per heavy atom. The SMILES string of the molecule is CCC(CCN(C)C(=O)OC(C)(C)C)c1nc(-c2ccccc2)c(-c2ccccc2)o1. The second-order valence-corrected chi connectivity index (χ2v) is 8.76. The van der Waals surface area contributed by atoms with Gasteiger partial charge in [0.2, 0.25) is 0 Å². The molecule has 5 heteroatoms. The van der Waals surface area contributed by atoms with Crippen LogP contribution in [0.5, 0.6) is 0 Å². The molecule has 0 aliphatic heterocycles. The van der Waals surface area contributed by atoms with Crippen molar-refractivity contribution >= 4 is 6.09 Å². The number of hydrogen-bond acceptors (Lipinski definition) is 4. The van der Waals surface area contributed by atoms with Crippen molar-refractivity contribution in [3.63, 3.8) is 0 Å². The van der Waals surface area contributed by atoms with Crippen molar-refractivity contribution in [1.29, 1.82) is 0 Å². The number of benzene rings is 2. The van der Waals surface area contributed by atoms with Crippen LogP contribution in [0.15, 0.2) is 65.1 Å². The minimum absolute atomic E-state index is 0.102. The number of ether oxygens (including phenoxy) is 1. The van der Waals surface area contributed by atoms with Gasteiger partial charge in [0.15, 0.2) is 11.7 Å². The molecule has 1 unspecified atom stereocenters. The molecular formula is C26H32N2O3. The number of oxazole rings is 1. The first-order valence-electron chi connectivity index (χ1n) is 10.8. The molecule has 3 aromatic rings. The predicted molar refractivity (Wildman–Crippen MR) is 124 cm³/mol. The summed E-state index contributed by atoms with van der Waals surface area (Å²) >= 11 is 0. The predicted octanol–water partition coefficient (Wildman–Crippen LogP) is 6.76. The smallest absolute Gasteiger partial charge is 0.410 e. The van der Waals surface area contributed by atoms with Crippen LogP contribution in [0.4, 0.5) is 4.79 Å². The molecule has 0 saturated carbocycles. The van der Waals surface area contributed by atoms with Gasteiger partial charge in [-0.2, -0.15) is 0 Å². The van der Waals surface area contributed by atoms with Gasteiger partial charge in [-0.25, -0.2) is 9.78 Å². The van der Waals surface area contributed by atoms with Gasteiger partial charge in [-0.1, -0.05) is 67.6 Å². The Hall–Kier alpha value is -3.08. The summed E-state index contributed by atoms with van der Waals surface area (Å²) in [5.41, 5.74) is 2.37. The monoisotopic (exact) mass is 420 g/mol. The Morgan fingerprint density at radius 1 is 1.03 bits per heavy atom. The average Bonchev–Trinajstić information content (AvgIpc) is 3.19. The lowest BCUT2D eigenvalue weighted by Gasteiger charge is -2.25. The highest BCUT2D eigenvalue weighted by atomic mass is 16.6. The second kappa shape index (κ2) is 9.82. The van der Waals surface area contributed by atoms with Crippen LogP contribution >= 0.6 is 0 Å². The van der Waals surface area contributed by atoms with Gasteiger partial charge in [-0.15, -0.1) is 0 Å². The third-order valence-corrected chi connectivity index (χ3v) is 5.09. The first-order valence-corrected chi connectivity index (χ1v) is 10.8. The number of nitrogens with zero attached hydrogens (tertiary/aromatic N) is 2. The van der Waals surface area contributed by atoms with Crippen LogP contribution in [0.1, 0.15) is 52.3 Å². The van der Waals surface area contributed by atoms with E-state index in [9.17, 15) is 4.79 Å². The number of amides is 1. The van der Waals surface area contributed by atoms with Crippen molar-refractivity contribution in [2.75, 3.05) is 13.6 Å². The number of carbonyl (C=O) groups is 1. The summed E-state index contributed by atoms with van der Waals surface area (Å²) in [6.45, 7) is 8.30. The molecule has 0 saturated heterocycles. The van der Waals surface area contributed by atoms with E-state index in [0.717, 1.165) is 35.4 Å². The van der Waals surface area contributed by atoms with Crippen LogP contribution in [0, 0.1) is 0 Å². The van der Waals surface area contributed by atoms with E-state index in [-0.39, 0.29) is 12.0 Å². The molecule has 1 aromatic heterocycles. The van der Waals surface area contributed by atoms with Gasteiger partial charge in [0.1, 0.15) is 11.3 Å². The highest BCUT2D eigenvalue weighted by molar-refractivity contribution is 5.76. The standard InChI is InChI=1S/C26H32N2O3/c1-6-19(17-18-28(5)25(29)31-26(2,3)4)24-27-22(20-13-9-7-10-14-20)23(30-24)21-15-11-8-12-16-21/h7-16,19H,6,17-18H2,1-5H3. The fourth-order valence-corrected chi connectivity index (χ4v) is 3.37. The molecule has 0 bridgehead atoms. The van der Waals surface area contributed by atoms with E-state index in [2.05, 4.69) is 6.92 Å². The fraction of sp³-hybridized carbons (Fsp3) is 0.385. The van der Waals surface area contributed by atoms with Gasteiger partial charge in [0.05, 0.1) is 0 Å². The van der Waals surface area contributed by atoms with Gasteiger partial charge in [0.25, 0.3) is 0 Å². The molecule has 0 aliphatic rings. The maximum absolute atomic E-state index is 12.3. The number of hydrogen-bond donors (Lipinski definition) is 0. The maximum atomic E-state index is 12.3. The molecule has 1 amide bonds. The van der Waals surface area contributed by atoms with Gasteiger partial charge in [-0.3, -0.25) is 0 Å². The normalized spacial score (nSPS) is 12.4. The van der Waals surface area contributed by atoms with E-state index in [4.69, 9.17) is 14.1 Å². The van der Waals surface area contributed by atoms with Crippen LogP contribution in [-0.4, -0.2) is 35.2 Å². The maximum Gasteiger partial charge on any atom is 0.410 e. The van der Waals surface area contributed by atoms with Crippen molar-refractivity contribution in [2.24, 2.45) is 0 Å². The Bertz CT molecular complexity index is 918. The topological polar surface area (TPSA) is 55.6 Å². The summed E-state index contributed by atoms with van der Waals surface area (Å²) in [7, 11) is 1.77. The lowest BCUT2D eigenvalue weighted by Crippen LogP contribution is -2.35. The molecule has 0 radical (unpaired) electrons. The van der Waals surface area contributed by atoms with Crippen LogP contribution in [0.25, 0.3) is 22.6 Å². The molecule has 1 heterocycles. The second-order valence-electron chi connectivity index (χ2n) is 8.76. The first kappa shape index (κ1) is 22.6. The van der Waals surface area contributed by atoms with E-state index in [1.807, 2.05) is 81.4 Å². The van der Waals surface area contributed by atoms with Gasteiger partial charge < -0.3 is 14.1 Å². The molecule has 3 rings (SSSR count). The molecule has 5 nitrogen and oxygen atoms in total. The zero-order valence-corrected chi connectivity index (χ0v) is 19.1.